The van der Waals surface area contributed by atoms with E-state index in [1.165, 1.54) is 25.4 Å². The Morgan fingerprint density at radius 2 is 1.43 bits per heavy atom. The number of aromatic nitrogens is 1. The van der Waals surface area contributed by atoms with E-state index in [-0.39, 0.29) is 220 Å². The summed E-state index contributed by atoms with van der Waals surface area (Å²) in [6.07, 6.45) is 1.57. The van der Waals surface area contributed by atoms with E-state index in [1.807, 2.05) is 95.3 Å². The number of carbonyl (C=O) groups is 5. The molecule has 1 N–H and O–H groups in total. The summed E-state index contributed by atoms with van der Waals surface area (Å²) < 4.78 is 10.7. The number of benzene rings is 2. The molecule has 1 heterocycles. The third kappa shape index (κ3) is 20.1. The van der Waals surface area contributed by atoms with Crippen LogP contribution in [0.1, 0.15) is 119 Å². The summed E-state index contributed by atoms with van der Waals surface area (Å²) in [5.41, 5.74) is 2.27. The predicted molar refractivity (Wildman–Crippen MR) is 212 cm³/mol. The van der Waals surface area contributed by atoms with E-state index >= 15 is 0 Å². The number of hydrogen-bond donors (Lipinski definition) is 1. The normalized spacial score (nSPS) is 14.2. The molecule has 0 spiro atoms. The number of amides is 2. The molecule has 7 atom stereocenters. The summed E-state index contributed by atoms with van der Waals surface area (Å²) in [6.45, 7) is 13.2. The molecule has 2 amide bonds. The number of esters is 2. The van der Waals surface area contributed by atoms with Crippen LogP contribution in [0.3, 0.4) is 0 Å². The van der Waals surface area contributed by atoms with Crippen LogP contribution in [-0.2, 0) is 35.1 Å². The third-order valence-corrected chi connectivity index (χ3v) is 11.2. The maximum atomic E-state index is 14.3. The van der Waals surface area contributed by atoms with Gasteiger partial charge in [0.25, 0.3) is 5.91 Å². The van der Waals surface area contributed by atoms with Crippen LogP contribution >= 0.6 is 11.3 Å². The molecule has 1 aromatic heterocycles. The van der Waals surface area contributed by atoms with E-state index in [0.717, 1.165) is 17.5 Å². The minimum atomic E-state index is -0.813. The van der Waals surface area contributed by atoms with Crippen LogP contribution in [-0.4, -0.2) is 65.7 Å². The molecule has 0 aliphatic carbocycles. The van der Waals surface area contributed by atoms with Crippen molar-refractivity contribution in [1.82, 2.24) is 15.2 Å². The van der Waals surface area contributed by atoms with Crippen LogP contribution in [0.25, 0.3) is 0 Å². The molecule has 330 valence electrons. The summed E-state index contributed by atoms with van der Waals surface area (Å²) in [7, 11) is 3.10. The number of Topliss-reactive ketones (excluding diaryl/α,β-unsaturated/α-hetero) is 1. The fourth-order valence-corrected chi connectivity index (χ4v) is 7.76. The molecule has 58 heavy (non-hydrogen) atoms. The second-order valence-electron chi connectivity index (χ2n) is 14.9. The van der Waals surface area contributed by atoms with Gasteiger partial charge in [0.2, 0.25) is 5.91 Å². The topological polar surface area (TPSA) is 132 Å². The van der Waals surface area contributed by atoms with Gasteiger partial charge in [-0.15, -0.1) is 11.3 Å². The Morgan fingerprint density at radius 3 is 1.97 bits per heavy atom. The molecular formula is C43H59N3O7STb4. The Morgan fingerprint density at radius 1 is 0.845 bits per heavy atom. The van der Waals surface area contributed by atoms with Crippen molar-refractivity contribution in [2.75, 3.05) is 14.2 Å². The zero-order valence-corrected chi connectivity index (χ0v) is 44.1. The molecule has 4 radical (unpaired) electrons. The van der Waals surface area contributed by atoms with Crippen molar-refractivity contribution < 1.29 is 188 Å². The molecule has 15 heteroatoms. The Labute approximate surface area is 473 Å². The minimum absolute atomic E-state index is 0. The van der Waals surface area contributed by atoms with E-state index in [0.29, 0.717) is 24.3 Å². The molecule has 0 unspecified atom stereocenters. The van der Waals surface area contributed by atoms with Gasteiger partial charge in [0.05, 0.1) is 13.0 Å². The first kappa shape index (κ1) is 60.9. The van der Waals surface area contributed by atoms with Gasteiger partial charge in [-0.3, -0.25) is 24.0 Å². The summed E-state index contributed by atoms with van der Waals surface area (Å²) in [5.74, 6) is -2.27. The number of hydrogen-bond acceptors (Lipinski definition) is 9. The average Bonchev–Trinajstić information content (AvgIpc) is 3.65. The van der Waals surface area contributed by atoms with Crippen LogP contribution in [0.4, 0.5) is 0 Å². The molecule has 0 bridgehead atoms. The van der Waals surface area contributed by atoms with Gasteiger partial charge in [-0.05, 0) is 41.7 Å². The zero-order valence-electron chi connectivity index (χ0n) is 34.7. The Hall–Kier alpha value is 0.763. The average molecular weight is 1400 g/mol. The first-order valence-electron chi connectivity index (χ1n) is 19.0. The van der Waals surface area contributed by atoms with E-state index < -0.39 is 29.8 Å². The van der Waals surface area contributed by atoms with Crippen molar-refractivity contribution in [3.8, 4) is 0 Å². The van der Waals surface area contributed by atoms with Crippen LogP contribution in [0.2, 0.25) is 0 Å². The van der Waals surface area contributed by atoms with E-state index in [2.05, 4.69) is 10.3 Å². The summed E-state index contributed by atoms with van der Waals surface area (Å²) >= 11 is 1.21. The fraction of sp³-hybridized carbons (Fsp3) is 0.535. The smallest absolute Gasteiger partial charge is 0.308 e. The number of carbonyl (C=O) groups excluding carboxylic acids is 5. The van der Waals surface area contributed by atoms with Crippen molar-refractivity contribution in [3.63, 3.8) is 0 Å². The number of ether oxygens (including phenoxy) is 2. The van der Waals surface area contributed by atoms with Crippen LogP contribution in [0, 0.1) is 178 Å². The van der Waals surface area contributed by atoms with Gasteiger partial charge < -0.3 is 19.7 Å². The van der Waals surface area contributed by atoms with E-state index in [4.69, 9.17) is 9.47 Å². The second-order valence-corrected chi connectivity index (χ2v) is 15.8. The van der Waals surface area contributed by atoms with Gasteiger partial charge in [0, 0.05) is 211 Å². The first-order chi connectivity index (χ1) is 25.6. The Balaban J connectivity index is 0. The van der Waals surface area contributed by atoms with Crippen molar-refractivity contribution in [1.29, 1.82) is 0 Å². The van der Waals surface area contributed by atoms with Crippen LogP contribution in [0.15, 0.2) is 66.0 Å². The molecule has 0 aliphatic heterocycles. The van der Waals surface area contributed by atoms with Gasteiger partial charge in [-0.25, -0.2) is 4.98 Å². The van der Waals surface area contributed by atoms with Crippen LogP contribution in [0.5, 0.6) is 0 Å². The maximum absolute atomic E-state index is 14.3. The number of thiazole rings is 1. The van der Waals surface area contributed by atoms with Gasteiger partial charge in [-0.1, -0.05) is 109 Å². The second kappa shape index (κ2) is 31.6. The fourth-order valence-electron chi connectivity index (χ4n) is 6.92. The molecule has 0 saturated heterocycles. The Bertz CT molecular complexity index is 1680. The predicted octanol–water partition coefficient (Wildman–Crippen LogP) is 7.98. The third-order valence-electron chi connectivity index (χ3n) is 10.3. The summed E-state index contributed by atoms with van der Waals surface area (Å²) in [6, 6.07) is 18.9. The zero-order chi connectivity index (χ0) is 39.9. The quantitative estimate of drug-likeness (QED) is 0.106. The van der Waals surface area contributed by atoms with E-state index in [1.54, 1.807) is 24.3 Å². The number of methoxy groups -OCH3 is 1. The largest absolute Gasteiger partial charge is 0.469 e. The van der Waals surface area contributed by atoms with Gasteiger partial charge in [0.1, 0.15) is 16.5 Å². The molecule has 0 fully saturated rings. The molecule has 3 rings (SSSR count). The molecule has 0 saturated carbocycles. The first-order valence-corrected chi connectivity index (χ1v) is 19.9. The van der Waals surface area contributed by atoms with E-state index in [9.17, 15) is 24.0 Å². The maximum Gasteiger partial charge on any atom is 0.308 e. The van der Waals surface area contributed by atoms with Crippen molar-refractivity contribution in [2.24, 2.45) is 23.7 Å². The standard InChI is InChI=1S/C43H59N3O7S.4Tb/c1-10-28(4)36(24-35(48)22-29(5)33-19-15-12-16-20-33)42(50)46(8)38(27(2)3)25-39(53-31(7)47)41-45-37(26-54-41)40(49)44-34(21-30(6)43(51)52-9)23-32-17-13-11-14-18-32;;;;/h11-20,26-30,34,36,38-39H,10,21-25H2,1-9H3,(H,44,49);;;;/t28-,29+,30-,34+,36-,38+,39+;;;;/m0..../s1. The SMILES string of the molecule is CC[C@H](C)[C@H](CC(=O)C[C@@H](C)c1ccccc1)C(=O)N(C)[C@H](C[C@@H](OC(C)=O)c1nc(C(=O)N[C@@H](Cc2ccccc2)C[C@H](C)C(=O)OC)cs1)C(C)C.[Tb].[Tb].[Tb].[Tb]. The number of ketones is 1. The molecule has 10 nitrogen and oxygen atoms in total. The monoisotopic (exact) mass is 1400 g/mol. The minimum Gasteiger partial charge on any atom is -0.469 e. The number of nitrogens with zero attached hydrogens (tertiary/aromatic N) is 2. The van der Waals surface area contributed by atoms with Gasteiger partial charge >= 0.3 is 11.9 Å². The van der Waals surface area contributed by atoms with Crippen molar-refractivity contribution >= 4 is 40.9 Å². The van der Waals surface area contributed by atoms with Crippen LogP contribution < -0.4 is 5.32 Å². The van der Waals surface area contributed by atoms with Crippen molar-refractivity contribution in [3.05, 3.63) is 87.9 Å². The molecule has 2 aromatic carbocycles. The molecule has 3 aromatic rings. The summed E-state index contributed by atoms with van der Waals surface area (Å²) in [4.78, 5) is 72.2. The van der Waals surface area contributed by atoms with Crippen molar-refractivity contribution in [2.45, 2.75) is 111 Å². The molecular weight excluding hydrogens is 1340 g/mol. The number of nitrogens with one attached hydrogen (secondary N) is 1. The molecule has 0 aliphatic rings. The Kier molecular flexibility index (Phi) is 33.1. The van der Waals surface area contributed by atoms with Gasteiger partial charge in [-0.2, -0.15) is 0 Å². The number of rotatable bonds is 21. The summed E-state index contributed by atoms with van der Waals surface area (Å²) in [5, 5.41) is 5.12. The van der Waals surface area contributed by atoms with Gasteiger partial charge in [0.15, 0.2) is 6.10 Å².